The van der Waals surface area contributed by atoms with E-state index in [1.165, 1.54) is 25.7 Å². The summed E-state index contributed by atoms with van der Waals surface area (Å²) in [4.78, 5) is 0. The van der Waals surface area contributed by atoms with Crippen molar-refractivity contribution in [2.45, 2.75) is 58.5 Å². The lowest BCUT2D eigenvalue weighted by molar-refractivity contribution is 0.231. The molecule has 1 saturated carbocycles. The zero-order valence-electron chi connectivity index (χ0n) is 12.6. The van der Waals surface area contributed by atoms with Gasteiger partial charge in [0.1, 0.15) is 0 Å². The van der Waals surface area contributed by atoms with E-state index in [1.807, 2.05) is 18.2 Å². The summed E-state index contributed by atoms with van der Waals surface area (Å²) in [5.74, 6) is 1.72. The van der Waals surface area contributed by atoms with Crippen molar-refractivity contribution in [3.05, 3.63) is 33.8 Å². The average molecular weight is 314 g/mol. The van der Waals surface area contributed by atoms with Crippen LogP contribution in [0.2, 0.25) is 10.0 Å². The van der Waals surface area contributed by atoms with Crippen LogP contribution in [-0.2, 0) is 0 Å². The molecule has 1 aromatic rings. The molecule has 0 aliphatic heterocycles. The zero-order chi connectivity index (χ0) is 14.7. The van der Waals surface area contributed by atoms with Crippen molar-refractivity contribution in [2.24, 2.45) is 11.8 Å². The second-order valence-electron chi connectivity index (χ2n) is 6.41. The summed E-state index contributed by atoms with van der Waals surface area (Å²) in [6, 6.07) is 6.66. The first-order valence-electron chi connectivity index (χ1n) is 7.68. The summed E-state index contributed by atoms with van der Waals surface area (Å²) >= 11 is 12.2. The highest BCUT2D eigenvalue weighted by atomic mass is 35.5. The summed E-state index contributed by atoms with van der Waals surface area (Å²) in [7, 11) is 0. The fourth-order valence-electron chi connectivity index (χ4n) is 3.25. The van der Waals surface area contributed by atoms with Crippen molar-refractivity contribution in [1.29, 1.82) is 0 Å². The standard InChI is InChI=1S/C17H25Cl2N/c1-11(2)13-4-7-15(8-5-13)20-12(3)16-9-6-14(18)10-17(16)19/h6,9-13,15,20H,4-5,7-8H2,1-3H3. The minimum Gasteiger partial charge on any atom is -0.307 e. The Morgan fingerprint density at radius 1 is 1.05 bits per heavy atom. The molecule has 1 nitrogen and oxygen atoms in total. The van der Waals surface area contributed by atoms with Crippen molar-refractivity contribution in [2.75, 3.05) is 0 Å². The molecule has 0 heterocycles. The SMILES string of the molecule is CC(NC1CCC(C(C)C)CC1)c1ccc(Cl)cc1Cl. The molecule has 3 heteroatoms. The van der Waals surface area contributed by atoms with Crippen LogP contribution in [-0.4, -0.2) is 6.04 Å². The van der Waals surface area contributed by atoms with E-state index in [0.29, 0.717) is 11.1 Å². The number of hydrogen-bond acceptors (Lipinski definition) is 1. The molecular weight excluding hydrogens is 289 g/mol. The van der Waals surface area contributed by atoms with Crippen molar-refractivity contribution < 1.29 is 0 Å². The van der Waals surface area contributed by atoms with Crippen molar-refractivity contribution >= 4 is 23.2 Å². The lowest BCUT2D eigenvalue weighted by atomic mass is 9.79. The summed E-state index contributed by atoms with van der Waals surface area (Å²) in [6.45, 7) is 6.87. The molecule has 112 valence electrons. The predicted octanol–water partition coefficient (Wildman–Crippen LogP) is 5.86. The van der Waals surface area contributed by atoms with Crippen molar-refractivity contribution in [3.8, 4) is 0 Å². The minimum atomic E-state index is 0.278. The van der Waals surface area contributed by atoms with E-state index in [1.54, 1.807) is 0 Å². The van der Waals surface area contributed by atoms with Gasteiger partial charge < -0.3 is 5.32 Å². The molecule has 0 amide bonds. The van der Waals surface area contributed by atoms with Crippen LogP contribution in [0.1, 0.15) is 58.1 Å². The van der Waals surface area contributed by atoms with Gasteiger partial charge in [0.25, 0.3) is 0 Å². The first-order valence-corrected chi connectivity index (χ1v) is 8.44. The van der Waals surface area contributed by atoms with Crippen LogP contribution in [0, 0.1) is 11.8 Å². The molecule has 2 rings (SSSR count). The van der Waals surface area contributed by atoms with Gasteiger partial charge in [0, 0.05) is 22.1 Å². The molecular formula is C17H25Cl2N. The molecule has 1 fully saturated rings. The topological polar surface area (TPSA) is 12.0 Å². The van der Waals surface area contributed by atoms with E-state index in [4.69, 9.17) is 23.2 Å². The predicted molar refractivity (Wildman–Crippen MR) is 88.6 cm³/mol. The van der Waals surface area contributed by atoms with Crippen molar-refractivity contribution in [1.82, 2.24) is 5.32 Å². The Labute approximate surface area is 133 Å². The summed E-state index contributed by atoms with van der Waals surface area (Å²) in [5.41, 5.74) is 1.14. The second-order valence-corrected chi connectivity index (χ2v) is 7.25. The Hall–Kier alpha value is -0.240. The van der Waals surface area contributed by atoms with E-state index < -0.39 is 0 Å². The second kappa shape index (κ2) is 7.15. The highest BCUT2D eigenvalue weighted by Gasteiger charge is 2.24. The molecule has 0 aromatic heterocycles. The lowest BCUT2D eigenvalue weighted by Crippen LogP contribution is -2.35. The molecule has 20 heavy (non-hydrogen) atoms. The average Bonchev–Trinajstić information content (AvgIpc) is 2.39. The molecule has 0 saturated heterocycles. The Bertz CT molecular complexity index is 437. The normalized spacial score (nSPS) is 24.9. The molecule has 1 aromatic carbocycles. The quantitative estimate of drug-likeness (QED) is 0.734. The summed E-state index contributed by atoms with van der Waals surface area (Å²) < 4.78 is 0. The molecule has 0 radical (unpaired) electrons. The van der Waals surface area contributed by atoms with Gasteiger partial charge in [0.05, 0.1) is 0 Å². The Balaban J connectivity index is 1.90. The van der Waals surface area contributed by atoms with Gasteiger partial charge in [-0.1, -0.05) is 43.1 Å². The van der Waals surface area contributed by atoms with Gasteiger partial charge in [-0.25, -0.2) is 0 Å². The Kier molecular flexibility index (Phi) is 5.77. The molecule has 1 unspecified atom stereocenters. The lowest BCUT2D eigenvalue weighted by Gasteiger charge is -2.33. The molecule has 0 bridgehead atoms. The minimum absolute atomic E-state index is 0.278. The van der Waals surface area contributed by atoms with Crippen LogP contribution < -0.4 is 5.32 Å². The fraction of sp³-hybridized carbons (Fsp3) is 0.647. The van der Waals surface area contributed by atoms with E-state index >= 15 is 0 Å². The molecule has 1 N–H and O–H groups in total. The van der Waals surface area contributed by atoms with Gasteiger partial charge in [-0.2, -0.15) is 0 Å². The van der Waals surface area contributed by atoms with E-state index in [-0.39, 0.29) is 6.04 Å². The van der Waals surface area contributed by atoms with E-state index in [0.717, 1.165) is 22.4 Å². The van der Waals surface area contributed by atoms with E-state index in [9.17, 15) is 0 Å². The highest BCUT2D eigenvalue weighted by molar-refractivity contribution is 6.35. The van der Waals surface area contributed by atoms with Gasteiger partial charge in [-0.3, -0.25) is 0 Å². The number of benzene rings is 1. The van der Waals surface area contributed by atoms with E-state index in [2.05, 4.69) is 26.1 Å². The molecule has 1 aliphatic carbocycles. The molecule has 1 aliphatic rings. The Morgan fingerprint density at radius 2 is 1.70 bits per heavy atom. The van der Waals surface area contributed by atoms with Crippen LogP contribution in [0.5, 0.6) is 0 Å². The van der Waals surface area contributed by atoms with Gasteiger partial charge in [-0.05, 0) is 62.1 Å². The van der Waals surface area contributed by atoms with Gasteiger partial charge >= 0.3 is 0 Å². The van der Waals surface area contributed by atoms with Crippen LogP contribution in [0.15, 0.2) is 18.2 Å². The zero-order valence-corrected chi connectivity index (χ0v) is 14.1. The first-order chi connectivity index (χ1) is 9.47. The van der Waals surface area contributed by atoms with Gasteiger partial charge in [0.2, 0.25) is 0 Å². The number of halogens is 2. The molecule has 0 spiro atoms. The Morgan fingerprint density at radius 3 is 2.25 bits per heavy atom. The summed E-state index contributed by atoms with van der Waals surface area (Å²) in [5, 5.41) is 5.18. The smallest absolute Gasteiger partial charge is 0.0468 e. The first kappa shape index (κ1) is 16.1. The van der Waals surface area contributed by atoms with Crippen LogP contribution in [0.3, 0.4) is 0 Å². The maximum atomic E-state index is 6.28. The highest BCUT2D eigenvalue weighted by Crippen LogP contribution is 2.32. The van der Waals surface area contributed by atoms with Gasteiger partial charge in [0.15, 0.2) is 0 Å². The molecule has 1 atom stereocenters. The largest absolute Gasteiger partial charge is 0.307 e. The van der Waals surface area contributed by atoms with Crippen LogP contribution in [0.25, 0.3) is 0 Å². The number of rotatable bonds is 4. The third-order valence-electron chi connectivity index (χ3n) is 4.63. The maximum absolute atomic E-state index is 6.28. The third-order valence-corrected chi connectivity index (χ3v) is 5.19. The number of hydrogen-bond donors (Lipinski definition) is 1. The van der Waals surface area contributed by atoms with Gasteiger partial charge in [-0.15, -0.1) is 0 Å². The van der Waals surface area contributed by atoms with Crippen LogP contribution >= 0.6 is 23.2 Å². The van der Waals surface area contributed by atoms with Crippen molar-refractivity contribution in [3.63, 3.8) is 0 Å². The maximum Gasteiger partial charge on any atom is 0.0468 e. The summed E-state index contributed by atoms with van der Waals surface area (Å²) in [6.07, 6.45) is 5.24. The third kappa shape index (κ3) is 4.13. The fourth-order valence-corrected chi connectivity index (χ4v) is 3.82. The van der Waals surface area contributed by atoms with Crippen LogP contribution in [0.4, 0.5) is 0 Å². The number of nitrogens with one attached hydrogen (secondary N) is 1. The monoisotopic (exact) mass is 313 g/mol.